The molecule has 0 aromatic rings. The number of carbonyl (C=O) groups excluding carboxylic acids is 1. The van der Waals surface area contributed by atoms with E-state index in [1.54, 1.807) is 0 Å². The van der Waals surface area contributed by atoms with E-state index in [1.165, 1.54) is 38.5 Å². The van der Waals surface area contributed by atoms with Gasteiger partial charge in [-0.3, -0.25) is 4.79 Å². The van der Waals surface area contributed by atoms with Crippen molar-refractivity contribution < 1.29 is 4.79 Å². The van der Waals surface area contributed by atoms with Crippen LogP contribution in [0.15, 0.2) is 0 Å². The largest absolute Gasteiger partial charge is 0.355 e. The number of rotatable bonds is 5. The van der Waals surface area contributed by atoms with Crippen molar-refractivity contribution in [3.63, 3.8) is 0 Å². The summed E-state index contributed by atoms with van der Waals surface area (Å²) in [5.74, 6) is 0.723. The van der Waals surface area contributed by atoms with Crippen LogP contribution in [0.1, 0.15) is 59.3 Å². The third-order valence-corrected chi connectivity index (χ3v) is 5.69. The molecule has 2 rings (SSSR count). The second kappa shape index (κ2) is 5.82. The Hall–Kier alpha value is -0.570. The van der Waals surface area contributed by atoms with Crippen LogP contribution in [-0.4, -0.2) is 25.5 Å². The van der Waals surface area contributed by atoms with Crippen LogP contribution < -0.4 is 10.6 Å². The first-order valence-electron chi connectivity index (χ1n) is 7.99. The van der Waals surface area contributed by atoms with E-state index in [1.807, 2.05) is 0 Å². The predicted octanol–water partition coefficient (Wildman–Crippen LogP) is 2.71. The zero-order valence-corrected chi connectivity index (χ0v) is 12.8. The molecule has 2 N–H and O–H groups in total. The van der Waals surface area contributed by atoms with Crippen LogP contribution in [0.4, 0.5) is 0 Å². The van der Waals surface area contributed by atoms with E-state index in [4.69, 9.17) is 0 Å². The fourth-order valence-electron chi connectivity index (χ4n) is 3.48. The van der Waals surface area contributed by atoms with Gasteiger partial charge in [-0.15, -0.1) is 0 Å². The maximum atomic E-state index is 12.5. The van der Waals surface area contributed by atoms with Gasteiger partial charge in [0.15, 0.2) is 0 Å². The second-order valence-electron chi connectivity index (χ2n) is 7.15. The van der Waals surface area contributed by atoms with E-state index >= 15 is 0 Å². The van der Waals surface area contributed by atoms with E-state index in [0.29, 0.717) is 11.3 Å². The lowest BCUT2D eigenvalue weighted by molar-refractivity contribution is -0.133. The highest BCUT2D eigenvalue weighted by molar-refractivity contribution is 5.82. The van der Waals surface area contributed by atoms with Gasteiger partial charge in [0.05, 0.1) is 0 Å². The quantitative estimate of drug-likeness (QED) is 0.803. The topological polar surface area (TPSA) is 41.1 Å². The molecule has 1 saturated carbocycles. The van der Waals surface area contributed by atoms with Crippen LogP contribution in [0.2, 0.25) is 0 Å². The summed E-state index contributed by atoms with van der Waals surface area (Å²) >= 11 is 0. The summed E-state index contributed by atoms with van der Waals surface area (Å²) in [4.78, 5) is 12.5. The van der Waals surface area contributed by atoms with Crippen molar-refractivity contribution in [3.8, 4) is 0 Å². The van der Waals surface area contributed by atoms with Crippen molar-refractivity contribution in [3.05, 3.63) is 0 Å². The van der Waals surface area contributed by atoms with Gasteiger partial charge in [0, 0.05) is 12.0 Å². The average Bonchev–Trinajstić information content (AvgIpc) is 2.38. The highest BCUT2D eigenvalue weighted by Crippen LogP contribution is 2.43. The third-order valence-electron chi connectivity index (χ3n) is 5.69. The molecule has 1 heterocycles. The lowest BCUT2D eigenvalue weighted by atomic mass is 9.66. The monoisotopic (exact) mass is 266 g/mol. The molecule has 0 radical (unpaired) electrons. The first kappa shape index (κ1) is 14.8. The van der Waals surface area contributed by atoms with Gasteiger partial charge in [0.1, 0.15) is 0 Å². The zero-order chi connectivity index (χ0) is 13.9. The highest BCUT2D eigenvalue weighted by Gasteiger charge is 2.40. The molecule has 2 aliphatic rings. The fourth-order valence-corrected chi connectivity index (χ4v) is 3.48. The van der Waals surface area contributed by atoms with Crippen LogP contribution in [0, 0.1) is 16.7 Å². The van der Waals surface area contributed by atoms with Gasteiger partial charge in [0.25, 0.3) is 0 Å². The molecule has 1 saturated heterocycles. The van der Waals surface area contributed by atoms with Crippen molar-refractivity contribution in [1.82, 2.24) is 10.6 Å². The molecule has 1 aliphatic heterocycles. The molecule has 110 valence electrons. The Balaban J connectivity index is 1.87. The Kier molecular flexibility index (Phi) is 4.54. The summed E-state index contributed by atoms with van der Waals surface area (Å²) in [6.45, 7) is 9.44. The molecule has 0 bridgehead atoms. The maximum Gasteiger partial charge on any atom is 0.226 e. The standard InChI is InChI=1S/C16H30N2O/c1-4-16(8-6-9-16)12-18-14(19)15(2,3)13-7-5-10-17-11-13/h13,17H,4-12H2,1-3H3,(H,18,19). The van der Waals surface area contributed by atoms with Gasteiger partial charge in [-0.05, 0) is 56.5 Å². The molecule has 0 aromatic heterocycles. The normalized spacial score (nSPS) is 26.6. The fraction of sp³-hybridized carbons (Fsp3) is 0.938. The first-order valence-corrected chi connectivity index (χ1v) is 7.99. The van der Waals surface area contributed by atoms with Crippen LogP contribution >= 0.6 is 0 Å². The van der Waals surface area contributed by atoms with E-state index < -0.39 is 0 Å². The zero-order valence-electron chi connectivity index (χ0n) is 12.8. The van der Waals surface area contributed by atoms with Crippen molar-refractivity contribution in [2.75, 3.05) is 19.6 Å². The summed E-state index contributed by atoms with van der Waals surface area (Å²) in [5.41, 5.74) is 0.169. The summed E-state index contributed by atoms with van der Waals surface area (Å²) in [6.07, 6.45) is 7.47. The van der Waals surface area contributed by atoms with Gasteiger partial charge >= 0.3 is 0 Å². The Labute approximate surface area is 117 Å². The number of hydrogen-bond donors (Lipinski definition) is 2. The van der Waals surface area contributed by atoms with Crippen molar-refractivity contribution >= 4 is 5.91 Å². The summed E-state index contributed by atoms with van der Waals surface area (Å²) < 4.78 is 0. The Morgan fingerprint density at radius 3 is 2.58 bits per heavy atom. The van der Waals surface area contributed by atoms with Crippen molar-refractivity contribution in [1.29, 1.82) is 0 Å². The molecule has 2 fully saturated rings. The van der Waals surface area contributed by atoms with E-state index in [2.05, 4.69) is 31.4 Å². The number of hydrogen-bond acceptors (Lipinski definition) is 2. The molecule has 0 spiro atoms. The highest BCUT2D eigenvalue weighted by atomic mass is 16.2. The van der Waals surface area contributed by atoms with Crippen molar-refractivity contribution in [2.45, 2.75) is 59.3 Å². The van der Waals surface area contributed by atoms with Crippen LogP contribution in [0.3, 0.4) is 0 Å². The Bertz CT molecular complexity index is 309. The third kappa shape index (κ3) is 3.13. The molecular weight excluding hydrogens is 236 g/mol. The van der Waals surface area contributed by atoms with Gasteiger partial charge in [-0.25, -0.2) is 0 Å². The summed E-state index contributed by atoms with van der Waals surface area (Å²) in [7, 11) is 0. The minimum atomic E-state index is -0.244. The Morgan fingerprint density at radius 2 is 2.11 bits per heavy atom. The number of piperidine rings is 1. The average molecular weight is 266 g/mol. The molecule has 1 aliphatic carbocycles. The smallest absolute Gasteiger partial charge is 0.226 e. The molecule has 1 atom stereocenters. The van der Waals surface area contributed by atoms with Gasteiger partial charge < -0.3 is 10.6 Å². The van der Waals surface area contributed by atoms with Crippen LogP contribution in [0.5, 0.6) is 0 Å². The van der Waals surface area contributed by atoms with E-state index in [0.717, 1.165) is 19.6 Å². The summed E-state index contributed by atoms with van der Waals surface area (Å²) in [5, 5.41) is 6.67. The van der Waals surface area contributed by atoms with Gasteiger partial charge in [0.2, 0.25) is 5.91 Å². The van der Waals surface area contributed by atoms with Crippen LogP contribution in [-0.2, 0) is 4.79 Å². The van der Waals surface area contributed by atoms with Gasteiger partial charge in [-0.1, -0.05) is 27.2 Å². The van der Waals surface area contributed by atoms with Crippen LogP contribution in [0.25, 0.3) is 0 Å². The number of carbonyl (C=O) groups is 1. The van der Waals surface area contributed by atoms with Gasteiger partial charge in [-0.2, -0.15) is 0 Å². The molecule has 19 heavy (non-hydrogen) atoms. The Morgan fingerprint density at radius 1 is 1.37 bits per heavy atom. The number of nitrogens with one attached hydrogen (secondary N) is 2. The van der Waals surface area contributed by atoms with E-state index in [9.17, 15) is 4.79 Å². The lowest BCUT2D eigenvalue weighted by Gasteiger charge is -2.43. The maximum absolute atomic E-state index is 12.5. The van der Waals surface area contributed by atoms with E-state index in [-0.39, 0.29) is 11.3 Å². The molecule has 1 amide bonds. The molecule has 3 nitrogen and oxygen atoms in total. The summed E-state index contributed by atoms with van der Waals surface area (Å²) in [6, 6.07) is 0. The predicted molar refractivity (Wildman–Crippen MR) is 79.0 cm³/mol. The molecule has 0 aromatic carbocycles. The number of amides is 1. The molecule has 3 heteroatoms. The molecule has 1 unspecified atom stereocenters. The lowest BCUT2D eigenvalue weighted by Crippen LogP contribution is -2.50. The SMILES string of the molecule is CCC1(CNC(=O)C(C)(C)C2CCCNC2)CCC1. The second-order valence-corrected chi connectivity index (χ2v) is 7.15. The first-order chi connectivity index (χ1) is 9.00. The minimum Gasteiger partial charge on any atom is -0.355 e. The van der Waals surface area contributed by atoms with Crippen molar-refractivity contribution in [2.24, 2.45) is 16.7 Å². The molecular formula is C16H30N2O. The minimum absolute atomic E-state index is 0.244.